The second-order valence-corrected chi connectivity index (χ2v) is 11.2. The summed E-state index contributed by atoms with van der Waals surface area (Å²) in [5.41, 5.74) is -3.82. The lowest BCUT2D eigenvalue weighted by molar-refractivity contribution is -0.119. The molecule has 1 aliphatic rings. The number of hydrogen-bond donors (Lipinski definition) is 1. The number of aromatic nitrogens is 1. The van der Waals surface area contributed by atoms with Gasteiger partial charge in [-0.05, 0) is 84.9 Å². The molecule has 1 atom stereocenters. The number of imide groups is 1. The zero-order valence-corrected chi connectivity index (χ0v) is 21.3. The van der Waals surface area contributed by atoms with Crippen LogP contribution in [0.1, 0.15) is 12.5 Å². The van der Waals surface area contributed by atoms with Gasteiger partial charge < -0.3 is 4.90 Å². The van der Waals surface area contributed by atoms with Crippen molar-refractivity contribution in [2.75, 3.05) is 9.62 Å². The molecule has 194 valence electrons. The number of nitrogens with one attached hydrogen (secondary N) is 1. The van der Waals surface area contributed by atoms with Gasteiger partial charge in [-0.3, -0.25) is 9.52 Å². The molecular formula is C23H18ClF3N4O4S2. The fourth-order valence-electron chi connectivity index (χ4n) is 3.58. The van der Waals surface area contributed by atoms with Crippen molar-refractivity contribution in [2.24, 2.45) is 0 Å². The maximum absolute atomic E-state index is 13.1. The van der Waals surface area contributed by atoms with Crippen molar-refractivity contribution in [1.29, 1.82) is 0 Å². The molecule has 2 aromatic carbocycles. The Morgan fingerprint density at radius 1 is 1.05 bits per heavy atom. The molecule has 0 spiro atoms. The SMILES string of the molecule is CC1C(=O)N(c2ccc(SC(F)(F)F)cc2)C(=O)N1Cc1ccnc(NS(=O)(=O)c2ccc(Cl)cc2)c1. The summed E-state index contributed by atoms with van der Waals surface area (Å²) in [6.45, 7) is 1.49. The number of carbonyl (C=O) groups is 2. The largest absolute Gasteiger partial charge is 0.446 e. The molecule has 0 bridgehead atoms. The molecule has 1 unspecified atom stereocenters. The first-order valence-corrected chi connectivity index (χ1v) is 13.3. The van der Waals surface area contributed by atoms with Gasteiger partial charge in [0.25, 0.3) is 15.9 Å². The highest BCUT2D eigenvalue weighted by Crippen LogP contribution is 2.38. The predicted molar refractivity (Wildman–Crippen MR) is 133 cm³/mol. The van der Waals surface area contributed by atoms with Gasteiger partial charge in [0.15, 0.2) is 0 Å². The molecule has 3 amide bonds. The van der Waals surface area contributed by atoms with Crippen molar-refractivity contribution in [2.45, 2.75) is 34.8 Å². The van der Waals surface area contributed by atoms with Crippen LogP contribution in [-0.4, -0.2) is 41.8 Å². The zero-order valence-electron chi connectivity index (χ0n) is 18.9. The highest BCUT2D eigenvalue weighted by atomic mass is 35.5. The molecular weight excluding hydrogens is 553 g/mol. The summed E-state index contributed by atoms with van der Waals surface area (Å²) < 4.78 is 65.4. The Balaban J connectivity index is 1.50. The molecule has 2 heterocycles. The van der Waals surface area contributed by atoms with Crippen LogP contribution < -0.4 is 9.62 Å². The van der Waals surface area contributed by atoms with E-state index in [0.717, 1.165) is 4.90 Å². The van der Waals surface area contributed by atoms with E-state index in [1.165, 1.54) is 72.6 Å². The van der Waals surface area contributed by atoms with Crippen molar-refractivity contribution in [3.63, 3.8) is 0 Å². The first-order chi connectivity index (χ1) is 17.3. The Labute approximate surface area is 219 Å². The summed E-state index contributed by atoms with van der Waals surface area (Å²) in [6, 6.07) is 11.9. The number of alkyl halides is 3. The molecule has 8 nitrogen and oxygen atoms in total. The molecule has 0 saturated carbocycles. The summed E-state index contributed by atoms with van der Waals surface area (Å²) in [7, 11) is -3.95. The number of halogens is 4. The van der Waals surface area contributed by atoms with Gasteiger partial charge in [0.1, 0.15) is 11.9 Å². The van der Waals surface area contributed by atoms with Gasteiger partial charge in [-0.25, -0.2) is 23.1 Å². The van der Waals surface area contributed by atoms with Crippen LogP contribution in [-0.2, 0) is 21.4 Å². The molecule has 1 aliphatic heterocycles. The van der Waals surface area contributed by atoms with Crippen LogP contribution in [0.3, 0.4) is 0 Å². The molecule has 14 heteroatoms. The summed E-state index contributed by atoms with van der Waals surface area (Å²) in [6.07, 6.45) is 1.36. The van der Waals surface area contributed by atoms with E-state index >= 15 is 0 Å². The molecule has 1 saturated heterocycles. The molecule has 4 rings (SSSR count). The number of sulfonamides is 1. The van der Waals surface area contributed by atoms with Crippen molar-refractivity contribution < 1.29 is 31.2 Å². The van der Waals surface area contributed by atoms with Crippen LogP contribution in [0.5, 0.6) is 0 Å². The van der Waals surface area contributed by atoms with Crippen LogP contribution in [0.15, 0.2) is 76.7 Å². The number of pyridine rings is 1. The lowest BCUT2D eigenvalue weighted by Gasteiger charge is -2.20. The first-order valence-electron chi connectivity index (χ1n) is 10.6. The van der Waals surface area contributed by atoms with E-state index in [1.807, 2.05) is 0 Å². The molecule has 37 heavy (non-hydrogen) atoms. The topological polar surface area (TPSA) is 99.7 Å². The maximum Gasteiger partial charge on any atom is 0.446 e. The number of rotatable bonds is 7. The number of hydrogen-bond acceptors (Lipinski definition) is 6. The van der Waals surface area contributed by atoms with Gasteiger partial charge in [0, 0.05) is 22.7 Å². The zero-order chi connectivity index (χ0) is 27.0. The minimum atomic E-state index is -4.46. The summed E-state index contributed by atoms with van der Waals surface area (Å²) in [5.74, 6) is -0.536. The summed E-state index contributed by atoms with van der Waals surface area (Å²) >= 11 is 5.51. The quantitative estimate of drug-likeness (QED) is 0.297. The summed E-state index contributed by atoms with van der Waals surface area (Å²) in [5, 5.41) is 0.378. The molecule has 3 aromatic rings. The average molecular weight is 571 g/mol. The van der Waals surface area contributed by atoms with Crippen molar-refractivity contribution >= 4 is 56.8 Å². The van der Waals surface area contributed by atoms with Crippen LogP contribution in [0.2, 0.25) is 5.02 Å². The van der Waals surface area contributed by atoms with Gasteiger partial charge in [0.05, 0.1) is 10.6 Å². The highest BCUT2D eigenvalue weighted by molar-refractivity contribution is 8.00. The fourth-order valence-corrected chi connectivity index (χ4v) is 5.25. The molecule has 1 fully saturated rings. The van der Waals surface area contributed by atoms with Gasteiger partial charge in [-0.1, -0.05) is 11.6 Å². The van der Waals surface area contributed by atoms with E-state index in [-0.39, 0.29) is 39.6 Å². The van der Waals surface area contributed by atoms with E-state index in [4.69, 9.17) is 11.6 Å². The van der Waals surface area contributed by atoms with Crippen molar-refractivity contribution in [3.8, 4) is 0 Å². The van der Waals surface area contributed by atoms with Gasteiger partial charge >= 0.3 is 11.5 Å². The van der Waals surface area contributed by atoms with Gasteiger partial charge in [-0.2, -0.15) is 13.2 Å². The standard InChI is InChI=1S/C23H18ClF3N4O4S2/c1-14-21(32)31(17-4-6-18(7-5-17)36-23(25,26)27)22(33)30(14)13-15-10-11-28-20(12-15)29-37(34,35)19-8-2-16(24)3-9-19/h2-12,14H,13H2,1H3,(H,28,29). The third-order valence-corrected chi connectivity index (χ3v) is 7.71. The lowest BCUT2D eigenvalue weighted by atomic mass is 10.2. The molecule has 0 aliphatic carbocycles. The third kappa shape index (κ3) is 6.17. The van der Waals surface area contributed by atoms with E-state index in [2.05, 4.69) is 9.71 Å². The molecule has 1 aromatic heterocycles. The second-order valence-electron chi connectivity index (χ2n) is 7.91. The van der Waals surface area contributed by atoms with E-state index in [1.54, 1.807) is 6.07 Å². The number of nitrogens with zero attached hydrogens (tertiary/aromatic N) is 3. The number of anilines is 2. The van der Waals surface area contributed by atoms with Crippen LogP contribution in [0.25, 0.3) is 0 Å². The van der Waals surface area contributed by atoms with Crippen LogP contribution >= 0.6 is 23.4 Å². The Morgan fingerprint density at radius 2 is 1.70 bits per heavy atom. The molecule has 1 N–H and O–H groups in total. The van der Waals surface area contributed by atoms with Crippen LogP contribution in [0.4, 0.5) is 29.5 Å². The van der Waals surface area contributed by atoms with Crippen molar-refractivity contribution in [3.05, 3.63) is 77.4 Å². The average Bonchev–Trinajstić information content (AvgIpc) is 3.02. The number of urea groups is 1. The second kappa shape index (κ2) is 10.2. The number of thioether (sulfide) groups is 1. The van der Waals surface area contributed by atoms with Crippen LogP contribution in [0, 0.1) is 0 Å². The fraction of sp³-hybridized carbons (Fsp3) is 0.174. The van der Waals surface area contributed by atoms with Crippen molar-refractivity contribution in [1.82, 2.24) is 9.88 Å². The summed E-state index contributed by atoms with van der Waals surface area (Å²) in [4.78, 5) is 32.0. The Morgan fingerprint density at radius 3 is 2.32 bits per heavy atom. The number of benzene rings is 2. The van der Waals surface area contributed by atoms with E-state index < -0.39 is 33.5 Å². The predicted octanol–water partition coefficient (Wildman–Crippen LogP) is 5.51. The maximum atomic E-state index is 13.1. The number of amides is 3. The Hall–Kier alpha value is -3.29. The minimum absolute atomic E-state index is 0.00712. The van der Waals surface area contributed by atoms with Gasteiger partial charge in [-0.15, -0.1) is 0 Å². The molecule has 0 radical (unpaired) electrons. The lowest BCUT2D eigenvalue weighted by Crippen LogP contribution is -2.33. The number of carbonyl (C=O) groups excluding carboxylic acids is 2. The monoisotopic (exact) mass is 570 g/mol. The van der Waals surface area contributed by atoms with Gasteiger partial charge in [0.2, 0.25) is 0 Å². The Kier molecular flexibility index (Phi) is 7.40. The first kappa shape index (κ1) is 26.8. The normalized spacial score (nSPS) is 16.4. The minimum Gasteiger partial charge on any atom is -0.308 e. The van der Waals surface area contributed by atoms with E-state index in [9.17, 15) is 31.2 Å². The highest BCUT2D eigenvalue weighted by Gasteiger charge is 2.43. The smallest absolute Gasteiger partial charge is 0.308 e. The third-order valence-electron chi connectivity index (χ3n) is 5.35. The Bertz CT molecular complexity index is 1440. The van der Waals surface area contributed by atoms with E-state index in [0.29, 0.717) is 10.6 Å².